The van der Waals surface area contributed by atoms with Crippen molar-refractivity contribution in [1.29, 1.82) is 0 Å². The van der Waals surface area contributed by atoms with Gasteiger partial charge in [-0.2, -0.15) is 9.97 Å². The Hall–Kier alpha value is -5.20. The molecule has 0 saturated heterocycles. The van der Waals surface area contributed by atoms with Crippen molar-refractivity contribution < 1.29 is 22.8 Å². The summed E-state index contributed by atoms with van der Waals surface area (Å²) in [6.07, 6.45) is 0. The van der Waals surface area contributed by atoms with Crippen LogP contribution in [0.5, 0.6) is 23.5 Å². The molecular formula is C33H22F2N3O3P. The standard InChI is InChI=1S/C33H22F2N3O3P/c34-28-22-21-27(29(35)30(28)42(39,25-17-9-3-10-18-25)26-19-11-4-12-20-26)31-36-32(40-23-13-5-1-6-14-23)38-33(37-31)41-24-15-7-2-8-16-24/h1-22H. The van der Waals surface area contributed by atoms with Gasteiger partial charge in [0.2, 0.25) is 0 Å². The Labute approximate surface area is 240 Å². The molecule has 1 aromatic heterocycles. The molecule has 0 bridgehead atoms. The summed E-state index contributed by atoms with van der Waals surface area (Å²) in [6.45, 7) is 0. The molecule has 0 aliphatic rings. The van der Waals surface area contributed by atoms with Gasteiger partial charge in [0.25, 0.3) is 0 Å². The van der Waals surface area contributed by atoms with Crippen LogP contribution in [0.25, 0.3) is 11.4 Å². The minimum absolute atomic E-state index is 0.170. The van der Waals surface area contributed by atoms with Gasteiger partial charge in [0.1, 0.15) is 23.1 Å². The maximum Gasteiger partial charge on any atom is 0.328 e. The highest BCUT2D eigenvalue weighted by molar-refractivity contribution is 7.85. The first-order valence-corrected chi connectivity index (χ1v) is 14.6. The summed E-state index contributed by atoms with van der Waals surface area (Å²) < 4.78 is 58.8. The van der Waals surface area contributed by atoms with Crippen LogP contribution in [0, 0.1) is 11.6 Å². The number of hydrogen-bond acceptors (Lipinski definition) is 6. The fraction of sp³-hybridized carbons (Fsp3) is 0. The highest BCUT2D eigenvalue weighted by Crippen LogP contribution is 2.45. The zero-order valence-electron chi connectivity index (χ0n) is 22.0. The SMILES string of the molecule is O=P(c1ccccc1)(c1ccccc1)c1c(F)ccc(-c2nc(Oc3ccccc3)nc(Oc3ccccc3)n2)c1F. The predicted molar refractivity (Wildman–Crippen MR) is 158 cm³/mol. The highest BCUT2D eigenvalue weighted by Gasteiger charge is 2.37. The molecule has 6 aromatic rings. The summed E-state index contributed by atoms with van der Waals surface area (Å²) >= 11 is 0. The van der Waals surface area contributed by atoms with Crippen LogP contribution < -0.4 is 25.4 Å². The van der Waals surface area contributed by atoms with Gasteiger partial charge >= 0.3 is 12.0 Å². The summed E-state index contributed by atoms with van der Waals surface area (Å²) in [7, 11) is -4.02. The van der Waals surface area contributed by atoms with E-state index >= 15 is 8.78 Å². The van der Waals surface area contributed by atoms with Gasteiger partial charge in [0, 0.05) is 10.6 Å². The third kappa shape index (κ3) is 5.40. The second-order valence-electron chi connectivity index (χ2n) is 9.09. The van der Waals surface area contributed by atoms with Crippen LogP contribution in [0.3, 0.4) is 0 Å². The normalized spacial score (nSPS) is 11.2. The van der Waals surface area contributed by atoms with E-state index in [2.05, 4.69) is 15.0 Å². The zero-order chi connectivity index (χ0) is 28.9. The van der Waals surface area contributed by atoms with E-state index in [4.69, 9.17) is 9.47 Å². The molecule has 206 valence electrons. The Morgan fingerprint density at radius 3 is 1.40 bits per heavy atom. The summed E-state index contributed by atoms with van der Waals surface area (Å²) in [5, 5.41) is -0.0140. The van der Waals surface area contributed by atoms with Crippen molar-refractivity contribution in [3.05, 3.63) is 145 Å². The fourth-order valence-electron chi connectivity index (χ4n) is 4.42. The first-order chi connectivity index (χ1) is 20.5. The third-order valence-electron chi connectivity index (χ3n) is 6.36. The Morgan fingerprint density at radius 1 is 0.524 bits per heavy atom. The minimum atomic E-state index is -4.02. The maximum atomic E-state index is 16.6. The molecule has 0 atom stereocenters. The van der Waals surface area contributed by atoms with E-state index in [-0.39, 0.29) is 34.0 Å². The zero-order valence-corrected chi connectivity index (χ0v) is 22.9. The van der Waals surface area contributed by atoms with E-state index in [1.54, 1.807) is 109 Å². The molecule has 0 amide bonds. The van der Waals surface area contributed by atoms with Crippen LogP contribution in [0.15, 0.2) is 133 Å². The minimum Gasteiger partial charge on any atom is -0.424 e. The summed E-state index contributed by atoms with van der Waals surface area (Å²) in [5.41, 5.74) is -0.197. The van der Waals surface area contributed by atoms with Crippen molar-refractivity contribution in [2.45, 2.75) is 0 Å². The lowest BCUT2D eigenvalue weighted by Gasteiger charge is -2.22. The predicted octanol–water partition coefficient (Wildman–Crippen LogP) is 7.04. The Kier molecular flexibility index (Phi) is 7.54. The summed E-state index contributed by atoms with van der Waals surface area (Å²) in [6, 6.07) is 36.1. The van der Waals surface area contributed by atoms with Crippen LogP contribution in [-0.2, 0) is 4.57 Å². The Morgan fingerprint density at radius 2 is 0.952 bits per heavy atom. The maximum absolute atomic E-state index is 16.6. The van der Waals surface area contributed by atoms with Gasteiger partial charge in [-0.1, -0.05) is 97.1 Å². The van der Waals surface area contributed by atoms with Crippen LogP contribution in [0.2, 0.25) is 0 Å². The van der Waals surface area contributed by atoms with Gasteiger partial charge < -0.3 is 14.0 Å². The van der Waals surface area contributed by atoms with Gasteiger partial charge in [-0.25, -0.2) is 8.78 Å². The van der Waals surface area contributed by atoms with E-state index in [0.29, 0.717) is 11.5 Å². The summed E-state index contributed by atoms with van der Waals surface area (Å²) in [5.74, 6) is -1.35. The number of ether oxygens (including phenoxy) is 2. The van der Waals surface area contributed by atoms with Crippen molar-refractivity contribution in [3.63, 3.8) is 0 Å². The molecule has 0 aliphatic heterocycles. The van der Waals surface area contributed by atoms with Gasteiger partial charge in [-0.05, 0) is 36.4 Å². The van der Waals surface area contributed by atoms with Crippen molar-refractivity contribution in [2.24, 2.45) is 0 Å². The topological polar surface area (TPSA) is 74.2 Å². The molecule has 9 heteroatoms. The quantitative estimate of drug-likeness (QED) is 0.181. The van der Waals surface area contributed by atoms with Crippen LogP contribution in [0.1, 0.15) is 0 Å². The lowest BCUT2D eigenvalue weighted by atomic mass is 10.2. The number of hydrogen-bond donors (Lipinski definition) is 0. The lowest BCUT2D eigenvalue weighted by Crippen LogP contribution is -2.29. The van der Waals surface area contributed by atoms with E-state index in [9.17, 15) is 4.57 Å². The average Bonchev–Trinajstić information content (AvgIpc) is 3.03. The molecule has 0 fully saturated rings. The number of halogens is 2. The van der Waals surface area contributed by atoms with Crippen molar-refractivity contribution in [3.8, 4) is 34.9 Å². The van der Waals surface area contributed by atoms with Crippen LogP contribution >= 0.6 is 7.14 Å². The highest BCUT2D eigenvalue weighted by atomic mass is 31.2. The average molecular weight is 578 g/mol. The molecule has 6 rings (SSSR count). The fourth-order valence-corrected chi connectivity index (χ4v) is 7.19. The largest absolute Gasteiger partial charge is 0.424 e. The molecule has 42 heavy (non-hydrogen) atoms. The second-order valence-corrected chi connectivity index (χ2v) is 11.8. The third-order valence-corrected chi connectivity index (χ3v) is 9.45. The van der Waals surface area contributed by atoms with Crippen LogP contribution in [0.4, 0.5) is 8.78 Å². The number of aromatic nitrogens is 3. The molecule has 0 N–H and O–H groups in total. The lowest BCUT2D eigenvalue weighted by molar-refractivity contribution is 0.398. The number of rotatable bonds is 8. The van der Waals surface area contributed by atoms with Crippen molar-refractivity contribution in [1.82, 2.24) is 15.0 Å². The summed E-state index contributed by atoms with van der Waals surface area (Å²) in [4.78, 5) is 12.9. The molecule has 6 nitrogen and oxygen atoms in total. The van der Waals surface area contributed by atoms with Gasteiger partial charge in [0.05, 0.1) is 10.9 Å². The Balaban J connectivity index is 1.53. The van der Waals surface area contributed by atoms with E-state index in [1.807, 2.05) is 12.1 Å². The number of nitrogens with zero attached hydrogens (tertiary/aromatic N) is 3. The monoisotopic (exact) mass is 577 g/mol. The molecule has 0 radical (unpaired) electrons. The first-order valence-electron chi connectivity index (χ1n) is 12.9. The second kappa shape index (κ2) is 11.7. The first kappa shape index (κ1) is 27.0. The molecule has 0 saturated carbocycles. The molecule has 5 aromatic carbocycles. The van der Waals surface area contributed by atoms with Crippen LogP contribution in [-0.4, -0.2) is 15.0 Å². The molecule has 0 aliphatic carbocycles. The van der Waals surface area contributed by atoms with E-state index in [0.717, 1.165) is 6.07 Å². The molecule has 0 unspecified atom stereocenters. The van der Waals surface area contributed by atoms with Crippen molar-refractivity contribution in [2.75, 3.05) is 0 Å². The molecule has 0 spiro atoms. The number of benzene rings is 5. The Bertz CT molecular complexity index is 1770. The van der Waals surface area contributed by atoms with Crippen molar-refractivity contribution >= 4 is 23.1 Å². The number of para-hydroxylation sites is 2. The molecule has 1 heterocycles. The van der Waals surface area contributed by atoms with Gasteiger partial charge in [-0.3, -0.25) is 0 Å². The smallest absolute Gasteiger partial charge is 0.328 e. The van der Waals surface area contributed by atoms with E-state index in [1.165, 1.54) is 6.07 Å². The van der Waals surface area contributed by atoms with E-state index < -0.39 is 24.1 Å². The van der Waals surface area contributed by atoms with Gasteiger partial charge in [0.15, 0.2) is 13.0 Å². The van der Waals surface area contributed by atoms with Gasteiger partial charge in [-0.15, -0.1) is 4.98 Å². The molecular weight excluding hydrogens is 555 g/mol.